The number of hydrogen-bond donors (Lipinski definition) is 1. The molecule has 1 N–H and O–H groups in total. The van der Waals surface area contributed by atoms with Crippen molar-refractivity contribution in [1.82, 2.24) is 9.80 Å². The average molecular weight is 311 g/mol. The van der Waals surface area contributed by atoms with E-state index in [-0.39, 0.29) is 0 Å². The van der Waals surface area contributed by atoms with Crippen LogP contribution in [0.4, 0.5) is 0 Å². The topological polar surface area (TPSA) is 26.7 Å². The highest BCUT2D eigenvalue weighted by Gasteiger charge is 2.24. The molecular formula is C17H27ClN2O. The maximum Gasteiger partial charge on any atom is 0.0916 e. The molecule has 0 amide bonds. The van der Waals surface area contributed by atoms with Gasteiger partial charge in [-0.25, -0.2) is 0 Å². The summed E-state index contributed by atoms with van der Waals surface area (Å²) >= 11 is 5.89. The molecular weight excluding hydrogens is 284 g/mol. The maximum absolute atomic E-state index is 10.4. The lowest BCUT2D eigenvalue weighted by Crippen LogP contribution is -2.46. The van der Waals surface area contributed by atoms with Gasteiger partial charge in [0.2, 0.25) is 0 Å². The minimum atomic E-state index is -0.449. The minimum Gasteiger partial charge on any atom is -0.387 e. The van der Waals surface area contributed by atoms with Crippen LogP contribution in [0.2, 0.25) is 5.02 Å². The molecule has 3 nitrogen and oxygen atoms in total. The predicted octanol–water partition coefficient (Wildman–Crippen LogP) is 3.18. The number of nitrogens with zero attached hydrogens (tertiary/aromatic N) is 2. The fourth-order valence-electron chi connectivity index (χ4n) is 3.06. The average Bonchev–Trinajstić information content (AvgIpc) is 2.47. The van der Waals surface area contributed by atoms with E-state index in [1.54, 1.807) is 0 Å². The number of hydrogen-bond acceptors (Lipinski definition) is 3. The molecule has 0 saturated carbocycles. The van der Waals surface area contributed by atoms with E-state index >= 15 is 0 Å². The zero-order chi connectivity index (χ0) is 15.4. The van der Waals surface area contributed by atoms with E-state index in [1.807, 2.05) is 24.3 Å². The Morgan fingerprint density at radius 3 is 2.33 bits per heavy atom. The van der Waals surface area contributed by atoms with Crippen LogP contribution in [0.25, 0.3) is 0 Å². The van der Waals surface area contributed by atoms with Crippen LogP contribution in [-0.4, -0.2) is 53.7 Å². The van der Waals surface area contributed by atoms with Crippen LogP contribution in [0.1, 0.15) is 38.4 Å². The van der Waals surface area contributed by atoms with Crippen molar-refractivity contribution in [3.05, 3.63) is 34.9 Å². The van der Waals surface area contributed by atoms with Gasteiger partial charge >= 0.3 is 0 Å². The van der Waals surface area contributed by atoms with E-state index in [0.29, 0.717) is 23.7 Å². The van der Waals surface area contributed by atoms with Crippen molar-refractivity contribution in [3.63, 3.8) is 0 Å². The fourth-order valence-corrected chi connectivity index (χ4v) is 3.18. The fraction of sp³-hybridized carbons (Fsp3) is 0.647. The first-order valence-electron chi connectivity index (χ1n) is 7.85. The predicted molar refractivity (Wildman–Crippen MR) is 88.8 cm³/mol. The van der Waals surface area contributed by atoms with Crippen LogP contribution in [0.3, 0.4) is 0 Å². The molecule has 1 fully saturated rings. The quantitative estimate of drug-likeness (QED) is 0.905. The first kappa shape index (κ1) is 16.8. The van der Waals surface area contributed by atoms with Crippen molar-refractivity contribution >= 4 is 11.6 Å². The van der Waals surface area contributed by atoms with Crippen molar-refractivity contribution in [2.75, 3.05) is 26.7 Å². The Morgan fingerprint density at radius 1 is 1.24 bits per heavy atom. The van der Waals surface area contributed by atoms with Crippen molar-refractivity contribution < 1.29 is 5.11 Å². The van der Waals surface area contributed by atoms with Gasteiger partial charge in [0.15, 0.2) is 0 Å². The molecule has 1 aromatic rings. The summed E-state index contributed by atoms with van der Waals surface area (Å²) in [7, 11) is 2.12. The Kier molecular flexibility index (Phi) is 6.06. The molecule has 1 atom stereocenters. The summed E-state index contributed by atoms with van der Waals surface area (Å²) < 4.78 is 0. The van der Waals surface area contributed by atoms with Crippen molar-refractivity contribution in [2.24, 2.45) is 0 Å². The first-order valence-corrected chi connectivity index (χ1v) is 8.23. The van der Waals surface area contributed by atoms with E-state index in [4.69, 9.17) is 11.6 Å². The largest absolute Gasteiger partial charge is 0.387 e. The zero-order valence-electron chi connectivity index (χ0n) is 13.3. The summed E-state index contributed by atoms with van der Waals surface area (Å²) in [5.41, 5.74) is 0.936. The highest BCUT2D eigenvalue weighted by atomic mass is 35.5. The maximum atomic E-state index is 10.4. The molecule has 0 aliphatic carbocycles. The van der Waals surface area contributed by atoms with Crippen molar-refractivity contribution in [3.8, 4) is 0 Å². The van der Waals surface area contributed by atoms with Crippen LogP contribution in [-0.2, 0) is 0 Å². The molecule has 1 heterocycles. The highest BCUT2D eigenvalue weighted by molar-refractivity contribution is 6.30. The third-order valence-corrected chi connectivity index (χ3v) is 4.82. The molecule has 0 bridgehead atoms. The van der Waals surface area contributed by atoms with Crippen molar-refractivity contribution in [2.45, 2.75) is 44.9 Å². The van der Waals surface area contributed by atoms with Gasteiger partial charge in [0, 0.05) is 23.7 Å². The lowest BCUT2D eigenvalue weighted by Gasteiger charge is -2.39. The van der Waals surface area contributed by atoms with Gasteiger partial charge in [-0.2, -0.15) is 0 Å². The summed E-state index contributed by atoms with van der Waals surface area (Å²) in [4.78, 5) is 4.83. The van der Waals surface area contributed by atoms with Crippen molar-refractivity contribution in [1.29, 1.82) is 0 Å². The number of piperidine rings is 1. The van der Waals surface area contributed by atoms with Gasteiger partial charge in [0.05, 0.1) is 6.10 Å². The summed E-state index contributed by atoms with van der Waals surface area (Å²) in [5, 5.41) is 11.1. The van der Waals surface area contributed by atoms with Gasteiger partial charge in [-0.05, 0) is 64.5 Å². The molecule has 1 aromatic carbocycles. The smallest absolute Gasteiger partial charge is 0.0916 e. The van der Waals surface area contributed by atoms with E-state index in [1.165, 1.54) is 12.8 Å². The van der Waals surface area contributed by atoms with E-state index in [9.17, 15) is 5.11 Å². The lowest BCUT2D eigenvalue weighted by molar-refractivity contribution is 0.0659. The van der Waals surface area contributed by atoms with Crippen LogP contribution in [0, 0.1) is 0 Å². The molecule has 1 unspecified atom stereocenters. The van der Waals surface area contributed by atoms with Gasteiger partial charge in [0.1, 0.15) is 0 Å². The second-order valence-electron chi connectivity index (χ2n) is 6.37. The number of rotatable bonds is 5. The normalized spacial score (nSPS) is 19.4. The van der Waals surface area contributed by atoms with Gasteiger partial charge < -0.3 is 14.9 Å². The third kappa shape index (κ3) is 4.68. The molecule has 1 aliphatic rings. The molecule has 21 heavy (non-hydrogen) atoms. The number of aliphatic hydroxyl groups excluding tert-OH is 1. The van der Waals surface area contributed by atoms with E-state index < -0.39 is 6.10 Å². The summed E-state index contributed by atoms with van der Waals surface area (Å²) in [6.45, 7) is 7.50. The summed E-state index contributed by atoms with van der Waals surface area (Å²) in [6.07, 6.45) is 1.92. The van der Waals surface area contributed by atoms with Crippen LogP contribution in [0.15, 0.2) is 24.3 Å². The number of halogens is 1. The Bertz CT molecular complexity index is 427. The Labute approximate surface area is 133 Å². The Balaban J connectivity index is 1.84. The second kappa shape index (κ2) is 7.59. The van der Waals surface area contributed by atoms with Crippen LogP contribution >= 0.6 is 11.6 Å². The molecule has 0 radical (unpaired) electrons. The zero-order valence-corrected chi connectivity index (χ0v) is 14.1. The highest BCUT2D eigenvalue weighted by Crippen LogP contribution is 2.21. The molecule has 2 rings (SSSR count). The number of benzene rings is 1. The molecule has 1 saturated heterocycles. The molecule has 0 aromatic heterocycles. The molecule has 1 aliphatic heterocycles. The number of likely N-dealkylation sites (N-methyl/N-ethyl adjacent to an activating group) is 1. The summed E-state index contributed by atoms with van der Waals surface area (Å²) in [6, 6.07) is 8.69. The standard InChI is InChI=1S/C17H27ClN2O/c1-13(2)20-10-8-16(9-11-20)19(3)12-17(21)14-4-6-15(18)7-5-14/h4-7,13,16-17,21H,8-12H2,1-3H3. The number of aliphatic hydroxyl groups is 1. The van der Waals surface area contributed by atoms with Gasteiger partial charge in [-0.15, -0.1) is 0 Å². The van der Waals surface area contributed by atoms with Crippen LogP contribution in [0.5, 0.6) is 0 Å². The Morgan fingerprint density at radius 2 is 1.81 bits per heavy atom. The van der Waals surface area contributed by atoms with E-state index in [2.05, 4.69) is 30.7 Å². The van der Waals surface area contributed by atoms with E-state index in [0.717, 1.165) is 18.7 Å². The molecule has 4 heteroatoms. The summed E-state index contributed by atoms with van der Waals surface area (Å²) in [5.74, 6) is 0. The minimum absolute atomic E-state index is 0.449. The Hall–Kier alpha value is -0.610. The SMILES string of the molecule is CC(C)N1CCC(N(C)CC(O)c2ccc(Cl)cc2)CC1. The third-order valence-electron chi connectivity index (χ3n) is 4.57. The van der Waals surface area contributed by atoms with Crippen LogP contribution < -0.4 is 0 Å². The number of likely N-dealkylation sites (tertiary alicyclic amines) is 1. The van der Waals surface area contributed by atoms with Gasteiger partial charge in [-0.1, -0.05) is 23.7 Å². The second-order valence-corrected chi connectivity index (χ2v) is 6.80. The van der Waals surface area contributed by atoms with Gasteiger partial charge in [-0.3, -0.25) is 0 Å². The lowest BCUT2D eigenvalue weighted by atomic mass is 10.0. The monoisotopic (exact) mass is 310 g/mol. The molecule has 118 valence electrons. The molecule has 0 spiro atoms. The van der Waals surface area contributed by atoms with Gasteiger partial charge in [0.25, 0.3) is 0 Å². The first-order chi connectivity index (χ1) is 9.97.